The molecular weight excluding hydrogens is 354 g/mol. The molecule has 1 unspecified atom stereocenters. The molecule has 0 radical (unpaired) electrons. The minimum atomic E-state index is -1.20. The van der Waals surface area contributed by atoms with Crippen LogP contribution in [0.4, 0.5) is 17.1 Å². The van der Waals surface area contributed by atoms with E-state index in [1.165, 1.54) is 26.0 Å². The quantitative estimate of drug-likeness (QED) is 0.261. The monoisotopic (exact) mass is 371 g/mol. The average molecular weight is 371 g/mol. The molecule has 0 saturated carbocycles. The maximum absolute atomic E-state index is 12.2. The Morgan fingerprint density at radius 1 is 1.19 bits per heavy atom. The van der Waals surface area contributed by atoms with Crippen molar-refractivity contribution in [2.24, 2.45) is 0 Å². The first kappa shape index (κ1) is 19.6. The summed E-state index contributed by atoms with van der Waals surface area (Å²) in [5, 5.41) is 13.4. The van der Waals surface area contributed by atoms with Gasteiger partial charge in [0.1, 0.15) is 0 Å². The van der Waals surface area contributed by atoms with Gasteiger partial charge in [-0.3, -0.25) is 19.7 Å². The fraction of sp³-hybridized carbons (Fsp3) is 0.167. The zero-order valence-corrected chi connectivity index (χ0v) is 14.6. The van der Waals surface area contributed by atoms with E-state index in [1.54, 1.807) is 18.2 Å². The Morgan fingerprint density at radius 2 is 1.89 bits per heavy atom. The standard InChI is InChI=1S/C18H17N3O6/c1-10(22)12-4-3-5-13(8-12)20-17(23)11(2)27-18(24)15-9-14(21(25)26)6-7-16(15)19/h3-9,11H,19H2,1-2H3,(H,20,23). The normalized spacial score (nSPS) is 11.3. The summed E-state index contributed by atoms with van der Waals surface area (Å²) in [6.45, 7) is 2.74. The number of nitrogen functional groups attached to an aromatic ring is 1. The van der Waals surface area contributed by atoms with Gasteiger partial charge in [0.15, 0.2) is 11.9 Å². The molecule has 0 saturated heterocycles. The third-order valence-electron chi connectivity index (χ3n) is 3.66. The lowest BCUT2D eigenvalue weighted by molar-refractivity contribution is -0.384. The number of nitrogens with two attached hydrogens (primary N) is 1. The highest BCUT2D eigenvalue weighted by Gasteiger charge is 2.22. The van der Waals surface area contributed by atoms with E-state index in [1.807, 2.05) is 0 Å². The topological polar surface area (TPSA) is 142 Å². The number of rotatable bonds is 6. The van der Waals surface area contributed by atoms with E-state index in [9.17, 15) is 24.5 Å². The molecule has 9 nitrogen and oxygen atoms in total. The van der Waals surface area contributed by atoms with E-state index in [-0.39, 0.29) is 22.7 Å². The van der Waals surface area contributed by atoms with Gasteiger partial charge in [0.05, 0.1) is 10.5 Å². The Labute approximate surface area is 154 Å². The van der Waals surface area contributed by atoms with Crippen LogP contribution >= 0.6 is 0 Å². The highest BCUT2D eigenvalue weighted by molar-refractivity contribution is 6.01. The van der Waals surface area contributed by atoms with Crippen molar-refractivity contribution < 1.29 is 24.0 Å². The number of ketones is 1. The summed E-state index contributed by atoms with van der Waals surface area (Å²) in [6.07, 6.45) is -1.20. The van der Waals surface area contributed by atoms with E-state index in [4.69, 9.17) is 10.5 Å². The number of ether oxygens (including phenoxy) is 1. The van der Waals surface area contributed by atoms with Gasteiger partial charge in [-0.05, 0) is 32.0 Å². The first-order valence-corrected chi connectivity index (χ1v) is 7.86. The van der Waals surface area contributed by atoms with Gasteiger partial charge < -0.3 is 15.8 Å². The predicted octanol–water partition coefficient (Wildman–Crippen LogP) is 2.56. The zero-order chi connectivity index (χ0) is 20.1. The maximum atomic E-state index is 12.2. The molecule has 0 aromatic heterocycles. The molecular formula is C18H17N3O6. The van der Waals surface area contributed by atoms with Crippen LogP contribution in [0.2, 0.25) is 0 Å². The van der Waals surface area contributed by atoms with Gasteiger partial charge in [0.2, 0.25) is 0 Å². The molecule has 140 valence electrons. The van der Waals surface area contributed by atoms with Crippen LogP contribution in [-0.4, -0.2) is 28.7 Å². The van der Waals surface area contributed by atoms with Crippen LogP contribution in [0, 0.1) is 10.1 Å². The Bertz CT molecular complexity index is 925. The molecule has 2 aromatic carbocycles. The lowest BCUT2D eigenvalue weighted by Gasteiger charge is -2.14. The third kappa shape index (κ3) is 4.88. The van der Waals surface area contributed by atoms with Crippen LogP contribution in [-0.2, 0) is 9.53 Å². The molecule has 0 aliphatic rings. The second-order valence-corrected chi connectivity index (χ2v) is 5.70. The summed E-state index contributed by atoms with van der Waals surface area (Å²) in [5.74, 6) is -1.75. The number of nitrogens with zero attached hydrogens (tertiary/aromatic N) is 1. The van der Waals surface area contributed by atoms with E-state index >= 15 is 0 Å². The maximum Gasteiger partial charge on any atom is 0.341 e. The Balaban J connectivity index is 2.09. The fourth-order valence-corrected chi connectivity index (χ4v) is 2.17. The molecule has 27 heavy (non-hydrogen) atoms. The smallest absolute Gasteiger partial charge is 0.341 e. The largest absolute Gasteiger partial charge is 0.449 e. The fourth-order valence-electron chi connectivity index (χ4n) is 2.17. The van der Waals surface area contributed by atoms with Crippen LogP contribution in [0.25, 0.3) is 0 Å². The molecule has 9 heteroatoms. The lowest BCUT2D eigenvalue weighted by Crippen LogP contribution is -2.30. The van der Waals surface area contributed by atoms with Crippen LogP contribution in [0.5, 0.6) is 0 Å². The van der Waals surface area contributed by atoms with Crippen LogP contribution < -0.4 is 11.1 Å². The van der Waals surface area contributed by atoms with E-state index in [2.05, 4.69) is 5.32 Å². The predicted molar refractivity (Wildman–Crippen MR) is 97.5 cm³/mol. The molecule has 3 N–H and O–H groups in total. The SMILES string of the molecule is CC(=O)c1cccc(NC(=O)C(C)OC(=O)c2cc([N+](=O)[O-])ccc2N)c1. The summed E-state index contributed by atoms with van der Waals surface area (Å²) >= 11 is 0. The first-order chi connectivity index (χ1) is 12.7. The molecule has 0 bridgehead atoms. The van der Waals surface area contributed by atoms with Crippen molar-refractivity contribution >= 4 is 34.7 Å². The third-order valence-corrected chi connectivity index (χ3v) is 3.66. The number of esters is 1. The van der Waals surface area contributed by atoms with Crippen molar-refractivity contribution in [3.63, 3.8) is 0 Å². The summed E-state index contributed by atoms with van der Waals surface area (Å²) in [4.78, 5) is 45.9. The second kappa shape index (κ2) is 8.09. The number of carbonyl (C=O) groups is 3. The number of hydrogen-bond donors (Lipinski definition) is 2. The summed E-state index contributed by atoms with van der Waals surface area (Å²) < 4.78 is 5.04. The molecule has 0 fully saturated rings. The van der Waals surface area contributed by atoms with Crippen molar-refractivity contribution in [1.29, 1.82) is 0 Å². The molecule has 2 aromatic rings. The highest BCUT2D eigenvalue weighted by atomic mass is 16.6. The van der Waals surface area contributed by atoms with Gasteiger partial charge in [0.25, 0.3) is 11.6 Å². The number of hydrogen-bond acceptors (Lipinski definition) is 7. The van der Waals surface area contributed by atoms with Gasteiger partial charge in [-0.25, -0.2) is 4.79 Å². The number of nitro benzene ring substituents is 1. The number of carbonyl (C=O) groups excluding carboxylic acids is 3. The number of nitrogens with one attached hydrogen (secondary N) is 1. The minimum absolute atomic E-state index is 0.00707. The molecule has 1 atom stereocenters. The van der Waals surface area contributed by atoms with Crippen molar-refractivity contribution in [3.8, 4) is 0 Å². The van der Waals surface area contributed by atoms with Crippen molar-refractivity contribution in [1.82, 2.24) is 0 Å². The number of Topliss-reactive ketones (excluding diaryl/α,β-unsaturated/α-hetero) is 1. The number of anilines is 2. The Kier molecular flexibility index (Phi) is 5.86. The molecule has 0 heterocycles. The lowest BCUT2D eigenvalue weighted by atomic mass is 10.1. The minimum Gasteiger partial charge on any atom is -0.449 e. The van der Waals surface area contributed by atoms with Gasteiger partial charge in [-0.15, -0.1) is 0 Å². The van der Waals surface area contributed by atoms with E-state index in [0.29, 0.717) is 11.3 Å². The Hall–Kier alpha value is -3.75. The Morgan fingerprint density at radius 3 is 2.52 bits per heavy atom. The molecule has 1 amide bonds. The number of non-ortho nitro benzene ring substituents is 1. The summed E-state index contributed by atoms with van der Waals surface area (Å²) in [6, 6.07) is 9.64. The molecule has 0 aliphatic carbocycles. The van der Waals surface area contributed by atoms with Crippen LogP contribution in [0.3, 0.4) is 0 Å². The number of amides is 1. The van der Waals surface area contributed by atoms with Gasteiger partial charge in [-0.2, -0.15) is 0 Å². The second-order valence-electron chi connectivity index (χ2n) is 5.70. The summed E-state index contributed by atoms with van der Waals surface area (Å²) in [7, 11) is 0. The van der Waals surface area contributed by atoms with Crippen LogP contribution in [0.1, 0.15) is 34.6 Å². The van der Waals surface area contributed by atoms with Gasteiger partial charge >= 0.3 is 5.97 Å². The van der Waals surface area contributed by atoms with Gasteiger partial charge in [0, 0.05) is 29.1 Å². The summed E-state index contributed by atoms with van der Waals surface area (Å²) in [5.41, 5.74) is 5.90. The first-order valence-electron chi connectivity index (χ1n) is 7.86. The van der Waals surface area contributed by atoms with Crippen molar-refractivity contribution in [2.45, 2.75) is 20.0 Å². The highest BCUT2D eigenvalue weighted by Crippen LogP contribution is 2.21. The van der Waals surface area contributed by atoms with E-state index in [0.717, 1.165) is 12.1 Å². The molecule has 0 aliphatic heterocycles. The average Bonchev–Trinajstić information content (AvgIpc) is 2.61. The van der Waals surface area contributed by atoms with Crippen molar-refractivity contribution in [3.05, 3.63) is 63.7 Å². The number of nitro groups is 1. The van der Waals surface area contributed by atoms with E-state index < -0.39 is 22.9 Å². The van der Waals surface area contributed by atoms with Crippen molar-refractivity contribution in [2.75, 3.05) is 11.1 Å². The number of benzene rings is 2. The van der Waals surface area contributed by atoms with Crippen LogP contribution in [0.15, 0.2) is 42.5 Å². The van der Waals surface area contributed by atoms with Gasteiger partial charge in [-0.1, -0.05) is 12.1 Å². The molecule has 0 spiro atoms. The zero-order valence-electron chi connectivity index (χ0n) is 14.6. The molecule has 2 rings (SSSR count).